The summed E-state index contributed by atoms with van der Waals surface area (Å²) >= 11 is 0. The van der Waals surface area contributed by atoms with Crippen molar-refractivity contribution < 1.29 is 19.8 Å². The van der Waals surface area contributed by atoms with Crippen LogP contribution in [0.15, 0.2) is 69.9 Å². The molecule has 0 aliphatic heterocycles. The van der Waals surface area contributed by atoms with E-state index >= 15 is 0 Å². The molecule has 0 aliphatic rings. The third kappa shape index (κ3) is 121. The van der Waals surface area contributed by atoms with E-state index in [1.807, 2.05) is 33.8 Å². The molecule has 0 atom stereocenters. The number of rotatable bonds is 14. The van der Waals surface area contributed by atoms with E-state index in [9.17, 15) is 9.59 Å². The zero-order valence-electron chi connectivity index (χ0n) is 33.7. The van der Waals surface area contributed by atoms with Gasteiger partial charge in [0.05, 0.1) is 6.42 Å². The molecule has 0 radical (unpaired) electrons. The van der Waals surface area contributed by atoms with Gasteiger partial charge in [-0.15, -0.1) is 0 Å². The first kappa shape index (κ1) is 64.0. The minimum Gasteiger partial charge on any atom is -0.481 e. The van der Waals surface area contributed by atoms with Gasteiger partial charge in [0.15, 0.2) is 0 Å². The van der Waals surface area contributed by atoms with Gasteiger partial charge in [-0.3, -0.25) is 9.59 Å². The molecule has 0 aromatic heterocycles. The van der Waals surface area contributed by atoms with E-state index in [-0.39, 0.29) is 27.7 Å². The normalized spacial score (nSPS) is 8.17. The topological polar surface area (TPSA) is 74.6 Å². The Morgan fingerprint density at radius 3 is 0.896 bits per heavy atom. The van der Waals surface area contributed by atoms with Gasteiger partial charge < -0.3 is 10.2 Å². The van der Waals surface area contributed by atoms with Gasteiger partial charge in [-0.25, -0.2) is 0 Å². The van der Waals surface area contributed by atoms with Gasteiger partial charge in [0.1, 0.15) is 0 Å². The summed E-state index contributed by atoms with van der Waals surface area (Å²) < 4.78 is 0. The van der Waals surface area contributed by atoms with Crippen LogP contribution >= 0.6 is 0 Å². The number of aliphatic carboxylic acids is 2. The molecular formula is C44H88O4. The first-order valence-corrected chi connectivity index (χ1v) is 17.6. The van der Waals surface area contributed by atoms with Crippen LogP contribution in [0.5, 0.6) is 0 Å². The summed E-state index contributed by atoms with van der Waals surface area (Å²) in [4.78, 5) is 19.8. The summed E-state index contributed by atoms with van der Waals surface area (Å²) in [5.41, 5.74) is 7.96. The second kappa shape index (κ2) is 53.9. The summed E-state index contributed by atoms with van der Waals surface area (Å²) in [7, 11) is 0. The summed E-state index contributed by atoms with van der Waals surface area (Å²) in [6.07, 6.45) is 25.2. The smallest absolute Gasteiger partial charge is 0.307 e. The first-order valence-electron chi connectivity index (χ1n) is 17.6. The molecule has 2 N–H and O–H groups in total. The molecule has 0 heterocycles. The Balaban J connectivity index is -0.0000000664. The van der Waals surface area contributed by atoms with Crippen molar-refractivity contribution in [2.75, 3.05) is 0 Å². The molecule has 0 aromatic rings. The molecule has 0 fully saturated rings. The lowest BCUT2D eigenvalue weighted by atomic mass is 10.2. The average Bonchev–Trinajstić information content (AvgIpc) is 2.92. The van der Waals surface area contributed by atoms with Crippen LogP contribution in [-0.4, -0.2) is 22.2 Å². The van der Waals surface area contributed by atoms with E-state index in [2.05, 4.69) is 107 Å². The molecule has 0 aromatic carbocycles. The van der Waals surface area contributed by atoms with Crippen molar-refractivity contribution in [1.82, 2.24) is 0 Å². The molecular weight excluding hydrogens is 592 g/mol. The number of unbranched alkanes of at least 4 members (excludes halogenated alkanes) is 5. The van der Waals surface area contributed by atoms with E-state index in [1.165, 1.54) is 85.7 Å². The standard InChI is InChI=1S/2C8H16.C7H12O2.C7H14.C6H10O2.C6H12.2CH4/c2*1-4-5-6-7-8(2)3;1-6(2)4-3-5-7(8)9;1-4-5-6-7(2)3;1-5(2)3-4-6(7)8;1-4-5-6(2)3;;/h2*7H,4-6H2,1-3H3;4H,3,5H2,1-2H3,(H,8,9);6H,4-5H2,1-3H3;3H,4H2,1-2H3,(H,7,8);5H,4H2,1-3H3;2*1H4. The molecule has 0 unspecified atom stereocenters. The van der Waals surface area contributed by atoms with Crippen molar-refractivity contribution in [2.24, 2.45) is 0 Å². The second-order valence-electron chi connectivity index (χ2n) is 12.7. The Bertz CT molecular complexity index is 818. The van der Waals surface area contributed by atoms with E-state index in [0.717, 1.165) is 5.57 Å². The quantitative estimate of drug-likeness (QED) is 0.141. The van der Waals surface area contributed by atoms with Crippen molar-refractivity contribution in [1.29, 1.82) is 0 Å². The van der Waals surface area contributed by atoms with Crippen LogP contribution < -0.4 is 0 Å². The zero-order valence-corrected chi connectivity index (χ0v) is 33.7. The van der Waals surface area contributed by atoms with Crippen molar-refractivity contribution in [3.05, 3.63) is 69.9 Å². The summed E-state index contributed by atoms with van der Waals surface area (Å²) in [5, 5.41) is 16.3. The Morgan fingerprint density at radius 1 is 0.417 bits per heavy atom. The highest BCUT2D eigenvalue weighted by Crippen LogP contribution is 2.00. The van der Waals surface area contributed by atoms with Crippen LogP contribution in [0.4, 0.5) is 0 Å². The molecule has 48 heavy (non-hydrogen) atoms. The number of carboxylic acids is 2. The fourth-order valence-corrected chi connectivity index (χ4v) is 2.81. The number of hydrogen-bond donors (Lipinski definition) is 2. The fraction of sp³-hybridized carbons (Fsp3) is 0.682. The van der Waals surface area contributed by atoms with Gasteiger partial charge in [-0.2, -0.15) is 0 Å². The highest BCUT2D eigenvalue weighted by molar-refractivity contribution is 5.68. The van der Waals surface area contributed by atoms with Crippen LogP contribution in [0.2, 0.25) is 0 Å². The average molecular weight is 681 g/mol. The minimum absolute atomic E-state index is 0. The molecule has 288 valence electrons. The van der Waals surface area contributed by atoms with E-state index < -0.39 is 11.9 Å². The van der Waals surface area contributed by atoms with E-state index in [0.29, 0.717) is 6.42 Å². The number of hydrogen-bond acceptors (Lipinski definition) is 2. The molecule has 0 saturated heterocycles. The van der Waals surface area contributed by atoms with Crippen LogP contribution in [0, 0.1) is 0 Å². The molecule has 0 aliphatic carbocycles. The Labute approximate surface area is 303 Å². The predicted molar refractivity (Wildman–Crippen MR) is 223 cm³/mol. The minimum atomic E-state index is -0.772. The molecule has 0 rings (SSSR count). The highest BCUT2D eigenvalue weighted by Gasteiger charge is 1.91. The Morgan fingerprint density at radius 2 is 0.729 bits per heavy atom. The van der Waals surface area contributed by atoms with Crippen molar-refractivity contribution >= 4 is 11.9 Å². The lowest BCUT2D eigenvalue weighted by Gasteiger charge is -1.89. The van der Waals surface area contributed by atoms with Gasteiger partial charge >= 0.3 is 11.9 Å². The monoisotopic (exact) mass is 681 g/mol. The van der Waals surface area contributed by atoms with Crippen molar-refractivity contribution in [3.8, 4) is 0 Å². The Kier molecular flexibility index (Phi) is 71.8. The van der Waals surface area contributed by atoms with E-state index in [1.54, 1.807) is 6.08 Å². The van der Waals surface area contributed by atoms with E-state index in [4.69, 9.17) is 10.2 Å². The summed E-state index contributed by atoms with van der Waals surface area (Å²) in [5.74, 6) is -1.50. The van der Waals surface area contributed by atoms with Crippen molar-refractivity contribution in [3.63, 3.8) is 0 Å². The fourth-order valence-electron chi connectivity index (χ4n) is 2.81. The SMILES string of the molecule is C.C.CC(C)=CCC(=O)O.CC(C)=CCCC(=O)O.CCC=C(C)C.CCCC=C(C)C.CCCCC=C(C)C.CCCCC=C(C)C. The van der Waals surface area contributed by atoms with Gasteiger partial charge in [0, 0.05) is 6.42 Å². The zero-order chi connectivity index (χ0) is 37.3. The van der Waals surface area contributed by atoms with Crippen LogP contribution in [0.1, 0.15) is 203 Å². The summed E-state index contributed by atoms with van der Waals surface area (Å²) in [6.45, 7) is 33.6. The highest BCUT2D eigenvalue weighted by atomic mass is 16.4. The van der Waals surface area contributed by atoms with Crippen LogP contribution in [-0.2, 0) is 9.59 Å². The van der Waals surface area contributed by atoms with Crippen molar-refractivity contribution in [2.45, 2.75) is 203 Å². The largest absolute Gasteiger partial charge is 0.481 e. The Hall–Kier alpha value is -2.62. The second-order valence-corrected chi connectivity index (χ2v) is 12.7. The summed E-state index contributed by atoms with van der Waals surface area (Å²) in [6, 6.07) is 0. The van der Waals surface area contributed by atoms with Crippen LogP contribution in [0.25, 0.3) is 0 Å². The molecule has 0 saturated carbocycles. The van der Waals surface area contributed by atoms with Gasteiger partial charge in [-0.1, -0.05) is 145 Å². The number of allylic oxidation sites excluding steroid dienone is 11. The first-order chi connectivity index (χ1) is 21.3. The number of carbonyl (C=O) groups is 2. The lowest BCUT2D eigenvalue weighted by molar-refractivity contribution is -0.137. The third-order valence-electron chi connectivity index (χ3n) is 5.27. The maximum absolute atomic E-state index is 9.95. The van der Waals surface area contributed by atoms with Crippen LogP contribution in [0.3, 0.4) is 0 Å². The molecule has 4 heteroatoms. The molecule has 0 spiro atoms. The lowest BCUT2D eigenvalue weighted by Crippen LogP contribution is -1.91. The third-order valence-corrected chi connectivity index (χ3v) is 5.27. The van der Waals surface area contributed by atoms with Gasteiger partial charge in [0.25, 0.3) is 0 Å². The van der Waals surface area contributed by atoms with Gasteiger partial charge in [-0.05, 0) is 115 Å². The number of carboxylic acid groups (broad SMARTS) is 2. The predicted octanol–water partition coefficient (Wildman–Crippen LogP) is 15.9. The maximum Gasteiger partial charge on any atom is 0.307 e. The maximum atomic E-state index is 9.95. The molecule has 4 nitrogen and oxygen atoms in total. The molecule has 0 bridgehead atoms. The molecule has 0 amide bonds. The van der Waals surface area contributed by atoms with Gasteiger partial charge in [0.2, 0.25) is 0 Å².